The number of aromatic nitrogens is 1. The standard InChI is InChI=1S/C24H27N3O6S/c1-3-10-33-22-13-16(2)4-6-21(22)26-24(29)19-15-23(28)25-20-7-5-17(14-18(19)20)34(30,31)27-8-11-32-12-9-27/h4-7,13-15H,3,8-12H2,1-2H3,(H,25,28)(H,26,29). The molecule has 180 valence electrons. The van der Waals surface area contributed by atoms with Crippen LogP contribution in [0.2, 0.25) is 0 Å². The van der Waals surface area contributed by atoms with Crippen LogP contribution in [0.1, 0.15) is 29.3 Å². The number of morpholine rings is 1. The maximum Gasteiger partial charge on any atom is 0.256 e. The van der Waals surface area contributed by atoms with Crippen molar-refractivity contribution >= 4 is 32.5 Å². The molecule has 0 aliphatic carbocycles. The van der Waals surface area contributed by atoms with Gasteiger partial charge in [0.15, 0.2) is 0 Å². The first-order valence-electron chi connectivity index (χ1n) is 11.1. The second-order valence-corrected chi connectivity index (χ2v) is 10.0. The van der Waals surface area contributed by atoms with Crippen LogP contribution in [-0.4, -0.2) is 56.5 Å². The van der Waals surface area contributed by atoms with Gasteiger partial charge in [-0.25, -0.2) is 8.42 Å². The highest BCUT2D eigenvalue weighted by atomic mass is 32.2. The Balaban J connectivity index is 1.73. The van der Waals surface area contributed by atoms with E-state index in [0.717, 1.165) is 12.0 Å². The molecule has 1 aliphatic rings. The summed E-state index contributed by atoms with van der Waals surface area (Å²) < 4.78 is 38.6. The number of H-pyrrole nitrogens is 1. The van der Waals surface area contributed by atoms with Crippen LogP contribution in [-0.2, 0) is 14.8 Å². The minimum absolute atomic E-state index is 0.0466. The molecule has 2 heterocycles. The Kier molecular flexibility index (Phi) is 7.01. The van der Waals surface area contributed by atoms with Gasteiger partial charge in [0.05, 0.1) is 36.0 Å². The van der Waals surface area contributed by atoms with Crippen molar-refractivity contribution in [2.75, 3.05) is 38.2 Å². The molecule has 10 heteroatoms. The van der Waals surface area contributed by atoms with Gasteiger partial charge < -0.3 is 19.8 Å². The van der Waals surface area contributed by atoms with Gasteiger partial charge in [0.2, 0.25) is 15.6 Å². The summed E-state index contributed by atoms with van der Waals surface area (Å²) >= 11 is 0. The molecule has 0 spiro atoms. The average Bonchev–Trinajstić information content (AvgIpc) is 2.83. The maximum atomic E-state index is 13.3. The monoisotopic (exact) mass is 485 g/mol. The van der Waals surface area contributed by atoms with Crippen molar-refractivity contribution in [3.8, 4) is 5.75 Å². The molecule has 4 rings (SSSR count). The van der Waals surface area contributed by atoms with Crippen molar-refractivity contribution in [3.63, 3.8) is 0 Å². The van der Waals surface area contributed by atoms with E-state index in [1.54, 1.807) is 6.07 Å². The number of rotatable bonds is 7. The lowest BCUT2D eigenvalue weighted by atomic mass is 10.1. The van der Waals surface area contributed by atoms with Crippen molar-refractivity contribution in [3.05, 3.63) is 63.9 Å². The van der Waals surface area contributed by atoms with Crippen LogP contribution in [0.5, 0.6) is 5.75 Å². The fourth-order valence-corrected chi connectivity index (χ4v) is 5.21. The minimum atomic E-state index is -3.78. The summed E-state index contributed by atoms with van der Waals surface area (Å²) in [5.41, 5.74) is 1.41. The second kappa shape index (κ2) is 9.96. The molecule has 0 bridgehead atoms. The third-order valence-electron chi connectivity index (χ3n) is 5.51. The molecule has 2 N–H and O–H groups in total. The van der Waals surface area contributed by atoms with Crippen molar-refractivity contribution in [1.29, 1.82) is 0 Å². The minimum Gasteiger partial charge on any atom is -0.491 e. The number of carbonyl (C=O) groups excluding carboxylic acids is 1. The Morgan fingerprint density at radius 2 is 1.91 bits per heavy atom. The van der Waals surface area contributed by atoms with Gasteiger partial charge in [-0.2, -0.15) is 4.31 Å². The van der Waals surface area contributed by atoms with Crippen molar-refractivity contribution in [1.82, 2.24) is 9.29 Å². The molecule has 1 fully saturated rings. The summed E-state index contributed by atoms with van der Waals surface area (Å²) in [4.78, 5) is 28.2. The quantitative estimate of drug-likeness (QED) is 0.531. The molecule has 0 saturated carbocycles. The van der Waals surface area contributed by atoms with E-state index in [-0.39, 0.29) is 23.5 Å². The smallest absolute Gasteiger partial charge is 0.256 e. The fourth-order valence-electron chi connectivity index (χ4n) is 3.77. The second-order valence-electron chi connectivity index (χ2n) is 8.07. The summed E-state index contributed by atoms with van der Waals surface area (Å²) in [6.07, 6.45) is 0.806. The molecule has 3 aromatic rings. The summed E-state index contributed by atoms with van der Waals surface area (Å²) in [6, 6.07) is 10.9. The van der Waals surface area contributed by atoms with Crippen LogP contribution in [0.15, 0.2) is 52.2 Å². The number of benzene rings is 2. The first-order valence-corrected chi connectivity index (χ1v) is 12.5. The molecule has 9 nitrogen and oxygen atoms in total. The number of nitrogens with zero attached hydrogens (tertiary/aromatic N) is 1. The number of anilines is 1. The predicted molar refractivity (Wildman–Crippen MR) is 129 cm³/mol. The molecule has 0 unspecified atom stereocenters. The van der Waals surface area contributed by atoms with E-state index in [2.05, 4.69) is 10.3 Å². The Morgan fingerprint density at radius 3 is 2.65 bits per heavy atom. The Labute approximate surface area is 197 Å². The zero-order chi connectivity index (χ0) is 24.3. The van der Waals surface area contributed by atoms with Gasteiger partial charge in [-0.3, -0.25) is 9.59 Å². The summed E-state index contributed by atoms with van der Waals surface area (Å²) in [7, 11) is -3.78. The maximum absolute atomic E-state index is 13.3. The van der Waals surface area contributed by atoms with Crippen LogP contribution >= 0.6 is 0 Å². The zero-order valence-corrected chi connectivity index (χ0v) is 19.9. The fraction of sp³-hybridized carbons (Fsp3) is 0.333. The molecule has 2 aromatic carbocycles. The van der Waals surface area contributed by atoms with Crippen molar-refractivity contribution in [2.24, 2.45) is 0 Å². The van der Waals surface area contributed by atoms with Crippen LogP contribution in [0.3, 0.4) is 0 Å². The number of nitrogens with one attached hydrogen (secondary N) is 2. The topological polar surface area (TPSA) is 118 Å². The SMILES string of the molecule is CCCOc1cc(C)ccc1NC(=O)c1cc(=O)[nH]c2ccc(S(=O)(=O)N3CCOCC3)cc12. The highest BCUT2D eigenvalue weighted by Gasteiger charge is 2.27. The van der Waals surface area contributed by atoms with Crippen molar-refractivity contribution in [2.45, 2.75) is 25.2 Å². The van der Waals surface area contributed by atoms with Crippen LogP contribution in [0, 0.1) is 6.92 Å². The van der Waals surface area contributed by atoms with Gasteiger partial charge in [0.1, 0.15) is 5.75 Å². The summed E-state index contributed by atoms with van der Waals surface area (Å²) in [5.74, 6) is -0.0119. The van der Waals surface area contributed by atoms with Crippen LogP contribution in [0.4, 0.5) is 5.69 Å². The van der Waals surface area contributed by atoms with Crippen molar-refractivity contribution < 1.29 is 22.7 Å². The number of ether oxygens (including phenoxy) is 2. The number of hydrogen-bond acceptors (Lipinski definition) is 6. The van der Waals surface area contributed by atoms with Gasteiger partial charge in [0.25, 0.3) is 5.91 Å². The number of aromatic amines is 1. The number of sulfonamides is 1. The lowest BCUT2D eigenvalue weighted by Gasteiger charge is -2.26. The van der Waals surface area contributed by atoms with Gasteiger partial charge in [-0.15, -0.1) is 0 Å². The first-order chi connectivity index (χ1) is 16.3. The van der Waals surface area contributed by atoms with Gasteiger partial charge in [0, 0.05) is 30.1 Å². The van der Waals surface area contributed by atoms with Gasteiger partial charge in [-0.1, -0.05) is 13.0 Å². The third-order valence-corrected chi connectivity index (χ3v) is 7.41. The molecule has 34 heavy (non-hydrogen) atoms. The van der Waals surface area contributed by atoms with E-state index in [9.17, 15) is 18.0 Å². The van der Waals surface area contributed by atoms with E-state index in [1.807, 2.05) is 26.0 Å². The predicted octanol–water partition coefficient (Wildman–Crippen LogP) is 2.90. The Morgan fingerprint density at radius 1 is 1.15 bits per heavy atom. The summed E-state index contributed by atoms with van der Waals surface area (Å²) in [5, 5.41) is 3.14. The molecule has 1 amide bonds. The lowest BCUT2D eigenvalue weighted by Crippen LogP contribution is -2.40. The molecule has 1 aliphatic heterocycles. The van der Waals surface area contributed by atoms with E-state index in [1.165, 1.54) is 28.6 Å². The lowest BCUT2D eigenvalue weighted by molar-refractivity contribution is 0.0730. The molecule has 1 aromatic heterocycles. The van der Waals surface area contributed by atoms with Gasteiger partial charge in [-0.05, 0) is 49.2 Å². The number of carbonyl (C=O) groups is 1. The summed E-state index contributed by atoms with van der Waals surface area (Å²) in [6.45, 7) is 5.56. The van der Waals surface area contributed by atoms with E-state index in [4.69, 9.17) is 9.47 Å². The average molecular weight is 486 g/mol. The number of aryl methyl sites for hydroxylation is 1. The van der Waals surface area contributed by atoms with E-state index >= 15 is 0 Å². The van der Waals surface area contributed by atoms with Gasteiger partial charge >= 0.3 is 0 Å². The molecule has 0 radical (unpaired) electrons. The first kappa shape index (κ1) is 23.9. The highest BCUT2D eigenvalue weighted by Crippen LogP contribution is 2.28. The Hall–Kier alpha value is -3.21. The molecular formula is C24H27N3O6S. The van der Waals surface area contributed by atoms with E-state index < -0.39 is 21.5 Å². The van der Waals surface area contributed by atoms with Crippen LogP contribution in [0.25, 0.3) is 10.9 Å². The molecular weight excluding hydrogens is 458 g/mol. The Bertz CT molecular complexity index is 1380. The number of hydrogen-bond donors (Lipinski definition) is 2. The largest absolute Gasteiger partial charge is 0.491 e. The normalized spacial score (nSPS) is 14.8. The number of pyridine rings is 1. The third kappa shape index (κ3) is 4.98. The van der Waals surface area contributed by atoms with Crippen LogP contribution < -0.4 is 15.6 Å². The molecule has 1 saturated heterocycles. The number of fused-ring (bicyclic) bond motifs is 1. The molecule has 0 atom stereocenters. The van der Waals surface area contributed by atoms with E-state index in [0.29, 0.717) is 42.2 Å². The number of amides is 1. The zero-order valence-electron chi connectivity index (χ0n) is 19.1. The highest BCUT2D eigenvalue weighted by molar-refractivity contribution is 7.89.